The Morgan fingerprint density at radius 2 is 1.80 bits per heavy atom. The number of hydrogen-bond acceptors (Lipinski definition) is 8. The van der Waals surface area contributed by atoms with Crippen LogP contribution in [0.2, 0.25) is 0 Å². The molecule has 2 aromatic carbocycles. The second-order valence-corrected chi connectivity index (χ2v) is 10.3. The van der Waals surface area contributed by atoms with Gasteiger partial charge in [-0.15, -0.1) is 0 Å². The van der Waals surface area contributed by atoms with Crippen LogP contribution in [-0.4, -0.2) is 72.1 Å². The van der Waals surface area contributed by atoms with Crippen LogP contribution in [-0.2, 0) is 25.5 Å². The highest BCUT2D eigenvalue weighted by Crippen LogP contribution is 2.31. The molecule has 11 nitrogen and oxygen atoms in total. The molecule has 0 saturated heterocycles. The Balaban J connectivity index is 1.26. The number of carbonyl (C=O) groups is 1. The van der Waals surface area contributed by atoms with Gasteiger partial charge in [0.1, 0.15) is 12.4 Å². The molecule has 2 N–H and O–H groups in total. The number of nitrogens with one attached hydrogen (secondary N) is 2. The number of anilines is 2. The number of amides is 1. The summed E-state index contributed by atoms with van der Waals surface area (Å²) in [6.45, 7) is 6.17. The number of benzene rings is 2. The standard InChI is InChI=1S/C33H38N6O5/c1-23-7-8-25(18-34-32(40)21-44-15-14-43-13-12-41-3)16-27(23)29-20-38-11-5-6-28(33(38)37-29)36-26-9-10-30(31(17-26)42-4)39-19-24(2)35-22-39/h5-11,16-17,19-20,22,36H,12-15,18,21H2,1-4H3,(H,34,40). The van der Waals surface area contributed by atoms with Crippen LogP contribution < -0.4 is 15.4 Å². The summed E-state index contributed by atoms with van der Waals surface area (Å²) in [6.07, 6.45) is 7.72. The fraction of sp³-hybridized carbons (Fsp3) is 0.303. The molecule has 0 atom stereocenters. The molecule has 0 spiro atoms. The molecule has 0 bridgehead atoms. The van der Waals surface area contributed by atoms with Crippen molar-refractivity contribution in [2.45, 2.75) is 20.4 Å². The van der Waals surface area contributed by atoms with Gasteiger partial charge >= 0.3 is 0 Å². The van der Waals surface area contributed by atoms with Crippen LogP contribution in [0.5, 0.6) is 5.75 Å². The van der Waals surface area contributed by atoms with E-state index in [9.17, 15) is 4.79 Å². The number of pyridine rings is 1. The van der Waals surface area contributed by atoms with Crippen LogP contribution in [0.15, 0.2) is 73.4 Å². The Morgan fingerprint density at radius 3 is 2.59 bits per heavy atom. The van der Waals surface area contributed by atoms with Crippen molar-refractivity contribution >= 4 is 22.9 Å². The average molecular weight is 599 g/mol. The molecule has 11 heteroatoms. The van der Waals surface area contributed by atoms with E-state index in [1.165, 1.54) is 0 Å². The van der Waals surface area contributed by atoms with Gasteiger partial charge in [-0.1, -0.05) is 12.1 Å². The van der Waals surface area contributed by atoms with E-state index >= 15 is 0 Å². The molecule has 44 heavy (non-hydrogen) atoms. The summed E-state index contributed by atoms with van der Waals surface area (Å²) < 4.78 is 25.3. The van der Waals surface area contributed by atoms with E-state index in [4.69, 9.17) is 23.9 Å². The van der Waals surface area contributed by atoms with Crippen LogP contribution in [0.25, 0.3) is 22.6 Å². The highest BCUT2D eigenvalue weighted by molar-refractivity contribution is 5.79. The third-order valence-corrected chi connectivity index (χ3v) is 7.04. The Kier molecular flexibility index (Phi) is 10.2. The van der Waals surface area contributed by atoms with Gasteiger partial charge in [0.2, 0.25) is 5.91 Å². The van der Waals surface area contributed by atoms with Crippen molar-refractivity contribution in [2.24, 2.45) is 0 Å². The molecule has 1 amide bonds. The first-order valence-electron chi connectivity index (χ1n) is 14.4. The van der Waals surface area contributed by atoms with E-state index in [0.717, 1.165) is 56.5 Å². The number of ether oxygens (including phenoxy) is 4. The van der Waals surface area contributed by atoms with Crippen molar-refractivity contribution in [3.8, 4) is 22.7 Å². The van der Waals surface area contributed by atoms with E-state index in [1.54, 1.807) is 20.5 Å². The predicted molar refractivity (Wildman–Crippen MR) is 169 cm³/mol. The maximum atomic E-state index is 12.3. The molecule has 0 fully saturated rings. The SMILES string of the molecule is COCCOCCOCC(=O)NCc1ccc(C)c(-c2cn3cccc(Nc4ccc(-n5cnc(C)c5)c(OC)c4)c3n2)c1. The summed E-state index contributed by atoms with van der Waals surface area (Å²) in [5.74, 6) is 0.540. The normalized spacial score (nSPS) is 11.2. The van der Waals surface area contributed by atoms with Crippen molar-refractivity contribution in [2.75, 3.05) is 52.6 Å². The van der Waals surface area contributed by atoms with Crippen molar-refractivity contribution in [1.29, 1.82) is 0 Å². The zero-order valence-electron chi connectivity index (χ0n) is 25.5. The second-order valence-electron chi connectivity index (χ2n) is 10.3. The van der Waals surface area contributed by atoms with Crippen molar-refractivity contribution in [3.63, 3.8) is 0 Å². The largest absolute Gasteiger partial charge is 0.494 e. The quantitative estimate of drug-likeness (QED) is 0.165. The Hall–Kier alpha value is -4.71. The number of hydrogen-bond donors (Lipinski definition) is 2. The highest BCUT2D eigenvalue weighted by Gasteiger charge is 2.13. The van der Waals surface area contributed by atoms with E-state index < -0.39 is 0 Å². The maximum Gasteiger partial charge on any atom is 0.246 e. The predicted octanol–water partition coefficient (Wildman–Crippen LogP) is 4.85. The third-order valence-electron chi connectivity index (χ3n) is 7.04. The van der Waals surface area contributed by atoms with E-state index in [2.05, 4.69) is 28.6 Å². The number of carbonyl (C=O) groups excluding carboxylic acids is 1. The highest BCUT2D eigenvalue weighted by atomic mass is 16.5. The van der Waals surface area contributed by atoms with Gasteiger partial charge < -0.3 is 38.5 Å². The Labute approximate surface area is 256 Å². The fourth-order valence-corrected chi connectivity index (χ4v) is 4.75. The fourth-order valence-electron chi connectivity index (χ4n) is 4.75. The summed E-state index contributed by atoms with van der Waals surface area (Å²) in [5, 5.41) is 6.42. The van der Waals surface area contributed by atoms with Gasteiger partial charge in [0.25, 0.3) is 0 Å². The average Bonchev–Trinajstić information content (AvgIpc) is 3.67. The molecule has 5 aromatic rings. The van der Waals surface area contributed by atoms with Crippen LogP contribution >= 0.6 is 0 Å². The van der Waals surface area contributed by atoms with E-state index in [-0.39, 0.29) is 12.5 Å². The number of imidazole rings is 2. The summed E-state index contributed by atoms with van der Waals surface area (Å²) >= 11 is 0. The van der Waals surface area contributed by atoms with Crippen LogP contribution in [0.4, 0.5) is 11.4 Å². The molecule has 230 valence electrons. The molecule has 0 aliphatic heterocycles. The number of methoxy groups -OCH3 is 2. The minimum absolute atomic E-state index is 0.0214. The topological polar surface area (TPSA) is 113 Å². The lowest BCUT2D eigenvalue weighted by Gasteiger charge is -2.13. The lowest BCUT2D eigenvalue weighted by molar-refractivity contribution is -0.126. The molecule has 0 saturated carbocycles. The lowest BCUT2D eigenvalue weighted by atomic mass is 10.0. The van der Waals surface area contributed by atoms with Crippen LogP contribution in [0.3, 0.4) is 0 Å². The molecule has 0 aliphatic carbocycles. The second kappa shape index (κ2) is 14.6. The summed E-state index contributed by atoms with van der Waals surface area (Å²) in [5.41, 5.74) is 8.25. The van der Waals surface area contributed by atoms with Crippen LogP contribution in [0.1, 0.15) is 16.8 Å². The van der Waals surface area contributed by atoms with Gasteiger partial charge in [-0.25, -0.2) is 9.97 Å². The molecular formula is C33H38N6O5. The molecule has 5 rings (SSSR count). The summed E-state index contributed by atoms with van der Waals surface area (Å²) in [4.78, 5) is 21.6. The van der Waals surface area contributed by atoms with Gasteiger partial charge in [0, 0.05) is 49.6 Å². The van der Waals surface area contributed by atoms with Crippen LogP contribution in [0, 0.1) is 13.8 Å². The number of nitrogens with zero attached hydrogens (tertiary/aromatic N) is 4. The molecule has 3 heterocycles. The monoisotopic (exact) mass is 598 g/mol. The number of fused-ring (bicyclic) bond motifs is 1. The molecule has 3 aromatic heterocycles. The third kappa shape index (κ3) is 7.62. The van der Waals surface area contributed by atoms with Crippen molar-refractivity contribution in [3.05, 3.63) is 90.3 Å². The zero-order chi connectivity index (χ0) is 30.9. The Morgan fingerprint density at radius 1 is 0.955 bits per heavy atom. The van der Waals surface area contributed by atoms with E-state index in [0.29, 0.717) is 33.0 Å². The first kappa shape index (κ1) is 30.7. The maximum absolute atomic E-state index is 12.3. The summed E-state index contributed by atoms with van der Waals surface area (Å²) in [7, 11) is 3.28. The van der Waals surface area contributed by atoms with Gasteiger partial charge in [-0.2, -0.15) is 0 Å². The minimum atomic E-state index is -0.183. The summed E-state index contributed by atoms with van der Waals surface area (Å²) in [6, 6.07) is 16.1. The van der Waals surface area contributed by atoms with E-state index in [1.807, 2.05) is 76.9 Å². The smallest absolute Gasteiger partial charge is 0.246 e. The van der Waals surface area contributed by atoms with Gasteiger partial charge in [0.15, 0.2) is 5.65 Å². The first-order chi connectivity index (χ1) is 21.4. The number of aromatic nitrogens is 4. The van der Waals surface area contributed by atoms with Crippen molar-refractivity contribution < 1.29 is 23.7 Å². The Bertz CT molecular complexity index is 1710. The minimum Gasteiger partial charge on any atom is -0.494 e. The molecule has 0 aliphatic rings. The first-order valence-corrected chi connectivity index (χ1v) is 14.4. The lowest BCUT2D eigenvalue weighted by Crippen LogP contribution is -2.27. The van der Waals surface area contributed by atoms with Gasteiger partial charge in [-0.05, 0) is 55.3 Å². The molecule has 0 radical (unpaired) electrons. The molecular weight excluding hydrogens is 560 g/mol. The van der Waals surface area contributed by atoms with Gasteiger partial charge in [-0.3, -0.25) is 4.79 Å². The van der Waals surface area contributed by atoms with Gasteiger partial charge in [0.05, 0.1) is 62.6 Å². The molecule has 0 unspecified atom stereocenters. The number of aryl methyl sites for hydroxylation is 2. The number of rotatable bonds is 15. The van der Waals surface area contributed by atoms with Crippen molar-refractivity contribution in [1.82, 2.24) is 24.3 Å². The zero-order valence-corrected chi connectivity index (χ0v) is 25.5.